The van der Waals surface area contributed by atoms with E-state index in [-0.39, 0.29) is 0 Å². The van der Waals surface area contributed by atoms with Crippen molar-refractivity contribution in [2.24, 2.45) is 16.7 Å². The first-order valence-electron chi connectivity index (χ1n) is 9.99. The van der Waals surface area contributed by atoms with Gasteiger partial charge < -0.3 is 10.1 Å². The summed E-state index contributed by atoms with van der Waals surface area (Å²) in [6.45, 7) is 8.97. The maximum atomic E-state index is 5.78. The Morgan fingerprint density at radius 2 is 1.84 bits per heavy atom. The Labute approximate surface area is 161 Å². The highest BCUT2D eigenvalue weighted by atomic mass is 79.9. The SMILES string of the molecule is CCCOc1ccc(CNC23CC4CC(C)(CC(C)(C4)C2)C3)cc1Br. The molecule has 2 atom stereocenters. The van der Waals surface area contributed by atoms with Gasteiger partial charge in [0.15, 0.2) is 0 Å². The van der Waals surface area contributed by atoms with Gasteiger partial charge in [0.05, 0.1) is 11.1 Å². The Morgan fingerprint density at radius 1 is 1.12 bits per heavy atom. The fourth-order valence-electron chi connectivity index (χ4n) is 6.92. The molecule has 0 amide bonds. The van der Waals surface area contributed by atoms with Crippen LogP contribution in [0.3, 0.4) is 0 Å². The summed E-state index contributed by atoms with van der Waals surface area (Å²) in [7, 11) is 0. The van der Waals surface area contributed by atoms with E-state index < -0.39 is 0 Å². The van der Waals surface area contributed by atoms with Gasteiger partial charge in [-0.2, -0.15) is 0 Å². The predicted molar refractivity (Wildman–Crippen MR) is 107 cm³/mol. The zero-order valence-corrected chi connectivity index (χ0v) is 17.5. The maximum absolute atomic E-state index is 5.78. The van der Waals surface area contributed by atoms with Crippen LogP contribution in [-0.4, -0.2) is 12.1 Å². The molecule has 0 radical (unpaired) electrons. The third-order valence-corrected chi connectivity index (χ3v) is 7.37. The molecule has 4 bridgehead atoms. The summed E-state index contributed by atoms with van der Waals surface area (Å²) in [6.07, 6.45) is 9.51. The lowest BCUT2D eigenvalue weighted by molar-refractivity contribution is -0.118. The van der Waals surface area contributed by atoms with Crippen LogP contribution in [0.5, 0.6) is 5.75 Å². The molecule has 0 saturated heterocycles. The average Bonchev–Trinajstić information content (AvgIpc) is 2.48. The molecule has 0 aliphatic heterocycles. The largest absolute Gasteiger partial charge is 0.492 e. The number of rotatable bonds is 6. The molecular formula is C22H32BrNO. The summed E-state index contributed by atoms with van der Waals surface area (Å²) in [6, 6.07) is 6.55. The van der Waals surface area contributed by atoms with Crippen molar-refractivity contribution in [1.82, 2.24) is 5.32 Å². The van der Waals surface area contributed by atoms with E-state index in [1.54, 1.807) is 0 Å². The fourth-order valence-corrected chi connectivity index (χ4v) is 7.46. The number of hydrogen-bond acceptors (Lipinski definition) is 2. The van der Waals surface area contributed by atoms with Crippen molar-refractivity contribution < 1.29 is 4.74 Å². The first-order chi connectivity index (χ1) is 11.8. The van der Waals surface area contributed by atoms with Gasteiger partial charge in [-0.25, -0.2) is 0 Å². The van der Waals surface area contributed by atoms with Gasteiger partial charge in [0.2, 0.25) is 0 Å². The van der Waals surface area contributed by atoms with Crippen molar-refractivity contribution in [3.8, 4) is 5.75 Å². The highest BCUT2D eigenvalue weighted by molar-refractivity contribution is 9.10. The minimum atomic E-state index is 0.368. The van der Waals surface area contributed by atoms with E-state index in [0.29, 0.717) is 16.4 Å². The van der Waals surface area contributed by atoms with Crippen LogP contribution in [0.25, 0.3) is 0 Å². The van der Waals surface area contributed by atoms with Crippen LogP contribution in [-0.2, 0) is 6.54 Å². The fraction of sp³-hybridized carbons (Fsp3) is 0.727. The summed E-state index contributed by atoms with van der Waals surface area (Å²) in [5, 5.41) is 4.02. The van der Waals surface area contributed by atoms with Crippen molar-refractivity contribution in [1.29, 1.82) is 0 Å². The van der Waals surface area contributed by atoms with Crippen LogP contribution in [0.2, 0.25) is 0 Å². The first-order valence-corrected chi connectivity index (χ1v) is 10.8. The molecule has 3 heteroatoms. The van der Waals surface area contributed by atoms with Gasteiger partial charge in [-0.15, -0.1) is 0 Å². The molecule has 0 spiro atoms. The highest BCUT2D eigenvalue weighted by Gasteiger charge is 2.59. The summed E-state index contributed by atoms with van der Waals surface area (Å²) < 4.78 is 6.85. The summed E-state index contributed by atoms with van der Waals surface area (Å²) in [5.41, 5.74) is 2.85. The Balaban J connectivity index is 1.45. The van der Waals surface area contributed by atoms with Crippen LogP contribution in [0, 0.1) is 16.7 Å². The van der Waals surface area contributed by atoms with Crippen LogP contribution < -0.4 is 10.1 Å². The molecule has 2 nitrogen and oxygen atoms in total. The lowest BCUT2D eigenvalue weighted by atomic mass is 9.43. The van der Waals surface area contributed by atoms with Gasteiger partial charge in [-0.1, -0.05) is 26.8 Å². The lowest BCUT2D eigenvalue weighted by Gasteiger charge is -2.65. The molecule has 25 heavy (non-hydrogen) atoms. The van der Waals surface area contributed by atoms with Crippen molar-refractivity contribution in [3.05, 3.63) is 28.2 Å². The van der Waals surface area contributed by atoms with Crippen LogP contribution >= 0.6 is 15.9 Å². The quantitative estimate of drug-likeness (QED) is 0.619. The van der Waals surface area contributed by atoms with Crippen molar-refractivity contribution in [2.45, 2.75) is 77.8 Å². The first kappa shape index (κ1) is 17.9. The van der Waals surface area contributed by atoms with Crippen molar-refractivity contribution in [2.75, 3.05) is 6.61 Å². The molecule has 5 rings (SSSR count). The third-order valence-electron chi connectivity index (χ3n) is 6.75. The zero-order chi connectivity index (χ0) is 17.7. The zero-order valence-electron chi connectivity index (χ0n) is 16.0. The monoisotopic (exact) mass is 405 g/mol. The molecule has 4 fully saturated rings. The van der Waals surface area contributed by atoms with E-state index in [0.717, 1.165) is 35.7 Å². The standard InChI is InChI=1S/C22H32BrNO/c1-4-7-25-19-6-5-16(8-18(19)23)12-24-22-11-17-9-20(2,14-22)13-21(3,10-17)15-22/h5-6,8,17,24H,4,7,9-15H2,1-3H3. The molecule has 4 aliphatic rings. The highest BCUT2D eigenvalue weighted by Crippen LogP contribution is 2.66. The van der Waals surface area contributed by atoms with Gasteiger partial charge in [0.25, 0.3) is 0 Å². The second kappa shape index (κ2) is 6.27. The van der Waals surface area contributed by atoms with Crippen LogP contribution in [0.1, 0.15) is 71.3 Å². The molecule has 4 aliphatic carbocycles. The molecule has 1 aromatic rings. The molecule has 138 valence electrons. The predicted octanol–water partition coefficient (Wildman–Crippen LogP) is 6.08. The van der Waals surface area contributed by atoms with E-state index in [9.17, 15) is 0 Å². The van der Waals surface area contributed by atoms with E-state index in [1.165, 1.54) is 44.1 Å². The second-order valence-electron chi connectivity index (χ2n) is 9.88. The summed E-state index contributed by atoms with van der Waals surface area (Å²) >= 11 is 3.68. The van der Waals surface area contributed by atoms with E-state index in [4.69, 9.17) is 4.74 Å². The van der Waals surface area contributed by atoms with E-state index in [2.05, 4.69) is 60.2 Å². The Hall–Kier alpha value is -0.540. The average molecular weight is 406 g/mol. The van der Waals surface area contributed by atoms with Gasteiger partial charge >= 0.3 is 0 Å². The molecule has 2 unspecified atom stereocenters. The van der Waals surface area contributed by atoms with Crippen molar-refractivity contribution in [3.63, 3.8) is 0 Å². The number of hydrogen-bond donors (Lipinski definition) is 1. The normalized spacial score (nSPS) is 39.0. The smallest absolute Gasteiger partial charge is 0.133 e. The van der Waals surface area contributed by atoms with Crippen LogP contribution in [0.15, 0.2) is 22.7 Å². The minimum Gasteiger partial charge on any atom is -0.492 e. The molecular weight excluding hydrogens is 374 g/mol. The second-order valence-corrected chi connectivity index (χ2v) is 10.7. The minimum absolute atomic E-state index is 0.368. The maximum Gasteiger partial charge on any atom is 0.133 e. The van der Waals surface area contributed by atoms with E-state index in [1.807, 2.05) is 0 Å². The van der Waals surface area contributed by atoms with Gasteiger partial charge in [0, 0.05) is 12.1 Å². The topological polar surface area (TPSA) is 21.3 Å². The Kier molecular flexibility index (Phi) is 4.47. The van der Waals surface area contributed by atoms with Gasteiger partial charge in [-0.05, 0) is 95.3 Å². The van der Waals surface area contributed by atoms with Gasteiger partial charge in [-0.3, -0.25) is 0 Å². The van der Waals surface area contributed by atoms with E-state index >= 15 is 0 Å². The molecule has 1 aromatic carbocycles. The molecule has 1 N–H and O–H groups in total. The van der Waals surface area contributed by atoms with Gasteiger partial charge in [0.1, 0.15) is 5.75 Å². The van der Waals surface area contributed by atoms with Crippen LogP contribution in [0.4, 0.5) is 0 Å². The number of halogens is 1. The third kappa shape index (κ3) is 3.51. The number of ether oxygens (including phenoxy) is 1. The summed E-state index contributed by atoms with van der Waals surface area (Å²) in [5.74, 6) is 1.90. The number of benzene rings is 1. The summed E-state index contributed by atoms with van der Waals surface area (Å²) in [4.78, 5) is 0. The molecule has 0 aromatic heterocycles. The lowest BCUT2D eigenvalue weighted by Crippen LogP contribution is -2.63. The Morgan fingerprint density at radius 3 is 2.44 bits per heavy atom. The number of nitrogens with one attached hydrogen (secondary N) is 1. The Bertz CT molecular complexity index is 639. The van der Waals surface area contributed by atoms with Crippen molar-refractivity contribution >= 4 is 15.9 Å². The molecule has 4 saturated carbocycles. The molecule has 0 heterocycles.